The van der Waals surface area contributed by atoms with Crippen molar-refractivity contribution in [3.8, 4) is 0 Å². The minimum atomic E-state index is -1.02. The van der Waals surface area contributed by atoms with E-state index in [9.17, 15) is 9.59 Å². The smallest absolute Gasteiger partial charge is 0.327 e. The summed E-state index contributed by atoms with van der Waals surface area (Å²) in [5.41, 5.74) is 0. The molecular formula is C8H16N2O3S. The van der Waals surface area contributed by atoms with Gasteiger partial charge in [0.15, 0.2) is 0 Å². The number of aliphatic carboxylic acids is 1. The summed E-state index contributed by atoms with van der Waals surface area (Å²) in [7, 11) is 0. The van der Waals surface area contributed by atoms with Crippen LogP contribution in [0, 0.1) is 0 Å². The van der Waals surface area contributed by atoms with Crippen molar-refractivity contribution in [1.29, 1.82) is 0 Å². The summed E-state index contributed by atoms with van der Waals surface area (Å²) < 4.78 is 0. The summed E-state index contributed by atoms with van der Waals surface area (Å²) in [6, 6.07) is -0.839. The fourth-order valence-corrected chi connectivity index (χ4v) is 1.21. The SMILES string of the molecule is CSCCNCC(NC(C)=O)C(=O)O. The summed E-state index contributed by atoms with van der Waals surface area (Å²) >= 11 is 1.68. The molecule has 0 aromatic carbocycles. The van der Waals surface area contributed by atoms with E-state index in [2.05, 4.69) is 10.6 Å². The average molecular weight is 220 g/mol. The Labute approximate surface area is 87.6 Å². The van der Waals surface area contributed by atoms with E-state index in [1.54, 1.807) is 11.8 Å². The van der Waals surface area contributed by atoms with Crippen molar-refractivity contribution in [2.45, 2.75) is 13.0 Å². The third-order valence-electron chi connectivity index (χ3n) is 1.51. The Morgan fingerprint density at radius 3 is 2.57 bits per heavy atom. The number of nitrogens with one attached hydrogen (secondary N) is 2. The summed E-state index contributed by atoms with van der Waals surface area (Å²) in [6.07, 6.45) is 1.98. The van der Waals surface area contributed by atoms with E-state index >= 15 is 0 Å². The van der Waals surface area contributed by atoms with Crippen LogP contribution < -0.4 is 10.6 Å². The van der Waals surface area contributed by atoms with Crippen LogP contribution in [0.5, 0.6) is 0 Å². The number of amides is 1. The van der Waals surface area contributed by atoms with Crippen LogP contribution in [0.1, 0.15) is 6.92 Å². The topological polar surface area (TPSA) is 78.4 Å². The molecule has 14 heavy (non-hydrogen) atoms. The molecule has 0 aliphatic heterocycles. The predicted molar refractivity (Wildman–Crippen MR) is 56.5 cm³/mol. The molecule has 0 aromatic rings. The monoisotopic (exact) mass is 220 g/mol. The van der Waals surface area contributed by atoms with Crippen LogP contribution in [-0.4, -0.2) is 48.1 Å². The van der Waals surface area contributed by atoms with Crippen LogP contribution in [0.2, 0.25) is 0 Å². The van der Waals surface area contributed by atoms with Gasteiger partial charge in [-0.1, -0.05) is 0 Å². The van der Waals surface area contributed by atoms with Gasteiger partial charge in [-0.3, -0.25) is 4.79 Å². The highest BCUT2D eigenvalue weighted by Crippen LogP contribution is 1.88. The second kappa shape index (κ2) is 7.64. The fourth-order valence-electron chi connectivity index (χ4n) is 0.866. The molecule has 0 spiro atoms. The van der Waals surface area contributed by atoms with Crippen LogP contribution in [-0.2, 0) is 9.59 Å². The Hall–Kier alpha value is -0.750. The Morgan fingerprint density at radius 1 is 1.50 bits per heavy atom. The molecule has 0 heterocycles. The van der Waals surface area contributed by atoms with Gasteiger partial charge < -0.3 is 15.7 Å². The lowest BCUT2D eigenvalue weighted by Crippen LogP contribution is -2.46. The number of carboxylic acids is 1. The van der Waals surface area contributed by atoms with Gasteiger partial charge in [-0.05, 0) is 6.26 Å². The van der Waals surface area contributed by atoms with Crippen LogP contribution >= 0.6 is 11.8 Å². The second-order valence-electron chi connectivity index (χ2n) is 2.79. The van der Waals surface area contributed by atoms with Gasteiger partial charge in [-0.15, -0.1) is 0 Å². The number of carbonyl (C=O) groups is 2. The number of carboxylic acid groups (broad SMARTS) is 1. The van der Waals surface area contributed by atoms with Crippen molar-refractivity contribution in [3.63, 3.8) is 0 Å². The summed E-state index contributed by atoms with van der Waals surface area (Å²) in [5, 5.41) is 14.0. The van der Waals surface area contributed by atoms with Crippen molar-refractivity contribution < 1.29 is 14.7 Å². The first kappa shape index (κ1) is 13.2. The van der Waals surface area contributed by atoms with E-state index in [4.69, 9.17) is 5.11 Å². The van der Waals surface area contributed by atoms with Gasteiger partial charge in [-0.25, -0.2) is 4.79 Å². The lowest BCUT2D eigenvalue weighted by Gasteiger charge is -2.13. The number of thioether (sulfide) groups is 1. The van der Waals surface area contributed by atoms with Crippen molar-refractivity contribution in [2.24, 2.45) is 0 Å². The number of hydrogen-bond donors (Lipinski definition) is 3. The van der Waals surface area contributed by atoms with Gasteiger partial charge >= 0.3 is 5.97 Å². The fraction of sp³-hybridized carbons (Fsp3) is 0.750. The highest BCUT2D eigenvalue weighted by atomic mass is 32.2. The highest BCUT2D eigenvalue weighted by Gasteiger charge is 2.16. The molecule has 0 radical (unpaired) electrons. The first-order valence-corrected chi connectivity index (χ1v) is 5.67. The van der Waals surface area contributed by atoms with Crippen molar-refractivity contribution in [1.82, 2.24) is 10.6 Å². The molecule has 0 bridgehead atoms. The van der Waals surface area contributed by atoms with Gasteiger partial charge in [0.25, 0.3) is 0 Å². The number of hydrogen-bond acceptors (Lipinski definition) is 4. The van der Waals surface area contributed by atoms with Crippen LogP contribution in [0.15, 0.2) is 0 Å². The Balaban J connectivity index is 3.74. The highest BCUT2D eigenvalue weighted by molar-refractivity contribution is 7.98. The molecule has 6 heteroatoms. The molecule has 0 rings (SSSR count). The molecule has 1 atom stereocenters. The van der Waals surface area contributed by atoms with E-state index in [0.717, 1.165) is 12.3 Å². The maximum atomic E-state index is 10.6. The average Bonchev–Trinajstić information content (AvgIpc) is 2.09. The second-order valence-corrected chi connectivity index (χ2v) is 3.77. The van der Waals surface area contributed by atoms with Crippen LogP contribution in [0.3, 0.4) is 0 Å². The maximum absolute atomic E-state index is 10.6. The van der Waals surface area contributed by atoms with Crippen LogP contribution in [0.25, 0.3) is 0 Å². The Kier molecular flexibility index (Phi) is 7.23. The van der Waals surface area contributed by atoms with Crippen molar-refractivity contribution in [3.05, 3.63) is 0 Å². The summed E-state index contributed by atoms with van der Waals surface area (Å²) in [5.74, 6) is -0.423. The Bertz CT molecular complexity index is 199. The van der Waals surface area contributed by atoms with Gasteiger partial charge in [0.1, 0.15) is 6.04 Å². The molecule has 0 aromatic heterocycles. The summed E-state index contributed by atoms with van der Waals surface area (Å²) in [4.78, 5) is 21.3. The quantitative estimate of drug-likeness (QED) is 0.505. The zero-order valence-corrected chi connectivity index (χ0v) is 9.19. The van der Waals surface area contributed by atoms with E-state index in [1.165, 1.54) is 6.92 Å². The van der Waals surface area contributed by atoms with Crippen molar-refractivity contribution >= 4 is 23.6 Å². The maximum Gasteiger partial charge on any atom is 0.327 e. The van der Waals surface area contributed by atoms with Gasteiger partial charge in [0.2, 0.25) is 5.91 Å². The molecule has 3 N–H and O–H groups in total. The lowest BCUT2D eigenvalue weighted by molar-refractivity contribution is -0.141. The van der Waals surface area contributed by atoms with E-state index in [1.807, 2.05) is 6.26 Å². The zero-order chi connectivity index (χ0) is 11.0. The molecule has 1 amide bonds. The summed E-state index contributed by atoms with van der Waals surface area (Å²) in [6.45, 7) is 2.30. The number of carbonyl (C=O) groups excluding carboxylic acids is 1. The molecule has 82 valence electrons. The van der Waals surface area contributed by atoms with Gasteiger partial charge in [0.05, 0.1) is 0 Å². The third-order valence-corrected chi connectivity index (χ3v) is 2.12. The normalized spacial score (nSPS) is 12.1. The standard InChI is InChI=1S/C8H16N2O3S/c1-6(11)10-7(8(12)13)5-9-3-4-14-2/h7,9H,3-5H2,1-2H3,(H,10,11)(H,12,13). The minimum absolute atomic E-state index is 0.259. The first-order chi connectivity index (χ1) is 6.57. The predicted octanol–water partition coefficient (Wildman–Crippen LogP) is -0.472. The largest absolute Gasteiger partial charge is 0.480 e. The molecular weight excluding hydrogens is 204 g/mol. The van der Waals surface area contributed by atoms with Crippen molar-refractivity contribution in [2.75, 3.05) is 25.1 Å². The van der Waals surface area contributed by atoms with E-state index in [-0.39, 0.29) is 12.5 Å². The number of rotatable bonds is 7. The zero-order valence-electron chi connectivity index (χ0n) is 8.37. The molecule has 0 aliphatic carbocycles. The van der Waals surface area contributed by atoms with Gasteiger partial charge in [-0.2, -0.15) is 11.8 Å². The van der Waals surface area contributed by atoms with Gasteiger partial charge in [0, 0.05) is 25.8 Å². The molecule has 0 saturated carbocycles. The van der Waals surface area contributed by atoms with E-state index < -0.39 is 12.0 Å². The first-order valence-electron chi connectivity index (χ1n) is 4.27. The van der Waals surface area contributed by atoms with E-state index in [0.29, 0.717) is 0 Å². The van der Waals surface area contributed by atoms with Crippen LogP contribution in [0.4, 0.5) is 0 Å². The molecule has 1 unspecified atom stereocenters. The molecule has 0 aliphatic rings. The Morgan fingerprint density at radius 2 is 2.14 bits per heavy atom. The molecule has 0 saturated heterocycles. The lowest BCUT2D eigenvalue weighted by atomic mass is 10.3. The third kappa shape index (κ3) is 6.73. The molecule has 5 nitrogen and oxygen atoms in total. The molecule has 0 fully saturated rings. The minimum Gasteiger partial charge on any atom is -0.480 e.